The van der Waals surface area contributed by atoms with Gasteiger partial charge < -0.3 is 5.73 Å². The fraction of sp³-hybridized carbons (Fsp3) is 0.222. The second kappa shape index (κ2) is 5.54. The highest BCUT2D eigenvalue weighted by molar-refractivity contribution is 7.90. The van der Waals surface area contributed by atoms with Gasteiger partial charge in [-0.2, -0.15) is 5.26 Å². The molecule has 1 aromatic carbocycles. The van der Waals surface area contributed by atoms with Crippen LogP contribution in [-0.4, -0.2) is 29.1 Å². The summed E-state index contributed by atoms with van der Waals surface area (Å²) in [5.74, 6) is -0.539. The van der Waals surface area contributed by atoms with Crippen molar-refractivity contribution < 1.29 is 16.8 Å². The van der Waals surface area contributed by atoms with E-state index in [1.165, 1.54) is 18.2 Å². The van der Waals surface area contributed by atoms with Crippen molar-refractivity contribution in [2.24, 2.45) is 5.14 Å². The second-order valence-electron chi connectivity index (χ2n) is 3.63. The first-order valence-corrected chi connectivity index (χ1v) is 8.15. The normalized spacial score (nSPS) is 12.0. The van der Waals surface area contributed by atoms with Crippen LogP contribution in [0.25, 0.3) is 0 Å². The molecule has 0 aliphatic heterocycles. The Balaban J connectivity index is 2.99. The van der Waals surface area contributed by atoms with Crippen LogP contribution < -0.4 is 15.6 Å². The lowest BCUT2D eigenvalue weighted by Gasteiger charge is -2.08. The van der Waals surface area contributed by atoms with Gasteiger partial charge in [-0.1, -0.05) is 0 Å². The number of nitriles is 1. The number of hydrogen-bond acceptors (Lipinski definition) is 6. The van der Waals surface area contributed by atoms with Gasteiger partial charge in [0.15, 0.2) is 0 Å². The maximum Gasteiger partial charge on any atom is 0.241 e. The topological polar surface area (TPSA) is 156 Å². The van der Waals surface area contributed by atoms with E-state index in [0.29, 0.717) is 0 Å². The number of nitrogens with one attached hydrogen (secondary N) is 1. The zero-order valence-corrected chi connectivity index (χ0v) is 11.3. The molecule has 0 unspecified atom stereocenters. The molecule has 5 N–H and O–H groups in total. The first-order valence-electron chi connectivity index (χ1n) is 4.95. The summed E-state index contributed by atoms with van der Waals surface area (Å²) < 4.78 is 47.2. The fourth-order valence-electron chi connectivity index (χ4n) is 1.27. The fourth-order valence-corrected chi connectivity index (χ4v) is 2.95. The average Bonchev–Trinajstić information content (AvgIpc) is 2.26. The molecule has 0 amide bonds. The lowest BCUT2D eigenvalue weighted by Crippen LogP contribution is -2.31. The van der Waals surface area contributed by atoms with E-state index in [9.17, 15) is 16.8 Å². The lowest BCUT2D eigenvalue weighted by molar-refractivity contribution is 0.581. The molecule has 8 nitrogen and oxygen atoms in total. The third-order valence-electron chi connectivity index (χ3n) is 2.09. The molecule has 0 radical (unpaired) electrons. The van der Waals surface area contributed by atoms with Gasteiger partial charge in [0.25, 0.3) is 0 Å². The van der Waals surface area contributed by atoms with Crippen LogP contribution in [-0.2, 0) is 20.0 Å². The van der Waals surface area contributed by atoms with Crippen molar-refractivity contribution in [2.75, 3.05) is 18.0 Å². The summed E-state index contributed by atoms with van der Waals surface area (Å²) in [5.41, 5.74) is 5.57. The maximum absolute atomic E-state index is 11.9. The van der Waals surface area contributed by atoms with E-state index in [4.69, 9.17) is 16.1 Å². The van der Waals surface area contributed by atoms with E-state index in [0.717, 1.165) is 0 Å². The number of rotatable bonds is 5. The van der Waals surface area contributed by atoms with Crippen LogP contribution in [0.15, 0.2) is 23.1 Å². The lowest BCUT2D eigenvalue weighted by atomic mass is 10.2. The Kier molecular flexibility index (Phi) is 4.48. The first-order chi connectivity index (χ1) is 8.65. The number of benzene rings is 1. The molecule has 0 fully saturated rings. The van der Waals surface area contributed by atoms with Crippen LogP contribution in [0.4, 0.5) is 5.69 Å². The maximum atomic E-state index is 11.9. The Labute approximate surface area is 111 Å². The van der Waals surface area contributed by atoms with Gasteiger partial charge in [0.05, 0.1) is 16.2 Å². The predicted octanol–water partition coefficient (Wildman–Crippen LogP) is -1.29. The highest BCUT2D eigenvalue weighted by atomic mass is 32.2. The number of anilines is 1. The van der Waals surface area contributed by atoms with Crippen molar-refractivity contribution in [1.29, 1.82) is 5.26 Å². The molecular weight excluding hydrogens is 292 g/mol. The van der Waals surface area contributed by atoms with Crippen molar-refractivity contribution in [1.82, 2.24) is 4.72 Å². The van der Waals surface area contributed by atoms with E-state index in [-0.39, 0.29) is 22.7 Å². The number of primary sulfonamides is 1. The summed E-state index contributed by atoms with van der Waals surface area (Å²) in [4.78, 5) is -0.265. The standard InChI is InChI=1S/C9H12N4O4S2/c10-6-7-5-8(11)1-2-9(7)19(16,17)13-3-4-18(12,14)15/h1-2,5,13H,3-4,11H2,(H2,12,14,15). The van der Waals surface area contributed by atoms with Crippen molar-refractivity contribution in [2.45, 2.75) is 4.90 Å². The minimum atomic E-state index is -3.99. The van der Waals surface area contributed by atoms with Crippen LogP contribution in [0, 0.1) is 11.3 Å². The van der Waals surface area contributed by atoms with Crippen molar-refractivity contribution in [3.05, 3.63) is 23.8 Å². The van der Waals surface area contributed by atoms with Gasteiger partial charge in [0.2, 0.25) is 20.0 Å². The van der Waals surface area contributed by atoms with Crippen molar-refractivity contribution in [3.63, 3.8) is 0 Å². The molecule has 0 aromatic heterocycles. The summed E-state index contributed by atoms with van der Waals surface area (Å²) in [6, 6.07) is 5.43. The van der Waals surface area contributed by atoms with Crippen LogP contribution in [0.3, 0.4) is 0 Å². The third kappa shape index (κ3) is 4.49. The first kappa shape index (κ1) is 15.4. The van der Waals surface area contributed by atoms with Gasteiger partial charge in [0, 0.05) is 12.2 Å². The second-order valence-corrected chi connectivity index (χ2v) is 7.10. The van der Waals surface area contributed by atoms with E-state index < -0.39 is 25.8 Å². The minimum Gasteiger partial charge on any atom is -0.399 e. The highest BCUT2D eigenvalue weighted by Crippen LogP contribution is 2.17. The molecule has 0 aliphatic carbocycles. The summed E-state index contributed by atoms with van der Waals surface area (Å²) in [7, 11) is -7.75. The quantitative estimate of drug-likeness (QED) is 0.574. The Morgan fingerprint density at radius 3 is 2.42 bits per heavy atom. The molecule has 1 rings (SSSR count). The number of nitrogens with zero attached hydrogens (tertiary/aromatic N) is 1. The molecule has 0 bridgehead atoms. The van der Waals surface area contributed by atoms with Gasteiger partial charge in [-0.3, -0.25) is 0 Å². The van der Waals surface area contributed by atoms with Gasteiger partial charge in [-0.05, 0) is 18.2 Å². The van der Waals surface area contributed by atoms with Crippen molar-refractivity contribution >= 4 is 25.7 Å². The number of nitrogen functional groups attached to an aromatic ring is 1. The SMILES string of the molecule is N#Cc1cc(N)ccc1S(=O)(=O)NCCS(N)(=O)=O. The Bertz CT molecular complexity index is 719. The third-order valence-corrected chi connectivity index (χ3v) is 4.38. The molecule has 0 atom stereocenters. The Hall–Kier alpha value is -1.67. The molecule has 0 saturated heterocycles. The smallest absolute Gasteiger partial charge is 0.241 e. The highest BCUT2D eigenvalue weighted by Gasteiger charge is 2.19. The molecule has 19 heavy (non-hydrogen) atoms. The predicted molar refractivity (Wildman–Crippen MR) is 68.7 cm³/mol. The number of hydrogen-bond donors (Lipinski definition) is 3. The van der Waals surface area contributed by atoms with E-state index >= 15 is 0 Å². The van der Waals surface area contributed by atoms with Crippen LogP contribution in [0.2, 0.25) is 0 Å². The van der Waals surface area contributed by atoms with Crippen LogP contribution >= 0.6 is 0 Å². The average molecular weight is 304 g/mol. The monoisotopic (exact) mass is 304 g/mol. The van der Waals surface area contributed by atoms with Crippen LogP contribution in [0.1, 0.15) is 5.56 Å². The van der Waals surface area contributed by atoms with Gasteiger partial charge in [-0.15, -0.1) is 0 Å². The molecular formula is C9H12N4O4S2. The largest absolute Gasteiger partial charge is 0.399 e. The molecule has 0 spiro atoms. The van der Waals surface area contributed by atoms with Crippen molar-refractivity contribution in [3.8, 4) is 6.07 Å². The summed E-state index contributed by atoms with van der Waals surface area (Å²) in [5, 5.41) is 13.6. The Morgan fingerprint density at radius 1 is 1.26 bits per heavy atom. The summed E-state index contributed by atoms with van der Waals surface area (Å²) in [6.07, 6.45) is 0. The van der Waals surface area contributed by atoms with Crippen LogP contribution in [0.5, 0.6) is 0 Å². The Morgan fingerprint density at radius 2 is 1.89 bits per heavy atom. The van der Waals surface area contributed by atoms with Gasteiger partial charge >= 0.3 is 0 Å². The van der Waals surface area contributed by atoms with E-state index in [1.807, 2.05) is 4.72 Å². The molecule has 0 heterocycles. The number of nitrogens with two attached hydrogens (primary N) is 2. The molecule has 0 saturated carbocycles. The molecule has 1 aromatic rings. The zero-order chi connectivity index (χ0) is 14.7. The summed E-state index contributed by atoms with van der Waals surface area (Å²) in [6.45, 7) is -0.379. The molecule has 10 heteroatoms. The van der Waals surface area contributed by atoms with Gasteiger partial charge in [-0.25, -0.2) is 26.7 Å². The summed E-state index contributed by atoms with van der Waals surface area (Å²) >= 11 is 0. The molecule has 104 valence electrons. The van der Waals surface area contributed by atoms with E-state index in [1.54, 1.807) is 6.07 Å². The zero-order valence-electron chi connectivity index (χ0n) is 9.70. The van der Waals surface area contributed by atoms with Gasteiger partial charge in [0.1, 0.15) is 6.07 Å². The molecule has 0 aliphatic rings. The minimum absolute atomic E-state index is 0.122. The van der Waals surface area contributed by atoms with E-state index in [2.05, 4.69) is 0 Å². The number of sulfonamides is 2.